The third-order valence-electron chi connectivity index (χ3n) is 3.89. The quantitative estimate of drug-likeness (QED) is 0.536. The summed E-state index contributed by atoms with van der Waals surface area (Å²) in [6.07, 6.45) is 0. The van der Waals surface area contributed by atoms with Crippen molar-refractivity contribution >= 4 is 34.8 Å². The molecule has 0 atom stereocenters. The maximum Gasteiger partial charge on any atom is 0.356 e. The Morgan fingerprint density at radius 3 is 2.23 bits per heavy atom. The van der Waals surface area contributed by atoms with E-state index in [4.69, 9.17) is 23.2 Å². The molecule has 0 aliphatic heterocycles. The maximum absolute atomic E-state index is 11.3. The molecule has 26 heavy (non-hydrogen) atoms. The second-order valence-corrected chi connectivity index (χ2v) is 6.52. The number of carboxylic acids is 1. The zero-order valence-electron chi connectivity index (χ0n) is 13.2. The first-order valence-corrected chi connectivity index (χ1v) is 8.43. The van der Waals surface area contributed by atoms with Gasteiger partial charge in [0, 0.05) is 27.2 Å². The number of halogens is 2. The van der Waals surface area contributed by atoms with Crippen molar-refractivity contribution in [3.63, 3.8) is 0 Å². The smallest absolute Gasteiger partial charge is 0.356 e. The van der Waals surface area contributed by atoms with Gasteiger partial charge in [-0.25, -0.2) is 14.3 Å². The Kier molecular flexibility index (Phi) is 4.11. The van der Waals surface area contributed by atoms with Crippen molar-refractivity contribution < 1.29 is 9.90 Å². The van der Waals surface area contributed by atoms with Crippen LogP contribution in [0.4, 0.5) is 0 Å². The highest BCUT2D eigenvalue weighted by molar-refractivity contribution is 6.31. The molecule has 1 N–H and O–H groups in total. The minimum Gasteiger partial charge on any atom is -0.476 e. The summed E-state index contributed by atoms with van der Waals surface area (Å²) in [4.78, 5) is 15.9. The van der Waals surface area contributed by atoms with Gasteiger partial charge in [-0.3, -0.25) is 0 Å². The molecule has 0 bridgehead atoms. The molecule has 0 radical (unpaired) electrons. The average Bonchev–Trinajstić information content (AvgIpc) is 3.05. The minimum absolute atomic E-state index is 0.0796. The number of rotatable bonds is 3. The minimum atomic E-state index is -1.11. The summed E-state index contributed by atoms with van der Waals surface area (Å²) in [5.41, 5.74) is 3.31. The van der Waals surface area contributed by atoms with Gasteiger partial charge in [0.1, 0.15) is 0 Å². The third kappa shape index (κ3) is 3.03. The molecule has 0 aliphatic rings. The van der Waals surface area contributed by atoms with E-state index in [0.29, 0.717) is 27.1 Å². The molecule has 2 heterocycles. The van der Waals surface area contributed by atoms with Gasteiger partial charge in [0.25, 0.3) is 0 Å². The predicted octanol–water partition coefficient (Wildman–Crippen LogP) is 5.07. The van der Waals surface area contributed by atoms with Gasteiger partial charge in [0.15, 0.2) is 11.3 Å². The molecule has 0 fully saturated rings. The largest absolute Gasteiger partial charge is 0.476 e. The first-order chi connectivity index (χ1) is 12.5. The van der Waals surface area contributed by atoms with E-state index in [-0.39, 0.29) is 5.69 Å². The molecule has 0 aliphatic carbocycles. The first-order valence-electron chi connectivity index (χ1n) is 7.67. The second-order valence-electron chi connectivity index (χ2n) is 5.65. The maximum atomic E-state index is 11.3. The average molecular weight is 384 g/mol. The summed E-state index contributed by atoms with van der Waals surface area (Å²) in [6.45, 7) is 0. The van der Waals surface area contributed by atoms with Crippen LogP contribution in [0.15, 0.2) is 60.7 Å². The molecule has 0 saturated heterocycles. The van der Waals surface area contributed by atoms with Crippen molar-refractivity contribution in [2.24, 2.45) is 0 Å². The van der Waals surface area contributed by atoms with Gasteiger partial charge in [-0.05, 0) is 30.3 Å². The lowest BCUT2D eigenvalue weighted by Gasteiger charge is -2.09. The lowest BCUT2D eigenvalue weighted by molar-refractivity contribution is 0.0690. The number of hydrogen-bond acceptors (Lipinski definition) is 3. The van der Waals surface area contributed by atoms with Crippen LogP contribution in [-0.4, -0.2) is 25.7 Å². The van der Waals surface area contributed by atoms with Gasteiger partial charge in [-0.2, -0.15) is 5.10 Å². The van der Waals surface area contributed by atoms with E-state index in [9.17, 15) is 9.90 Å². The zero-order valence-corrected chi connectivity index (χ0v) is 14.7. The summed E-state index contributed by atoms with van der Waals surface area (Å²) in [7, 11) is 0. The summed E-state index contributed by atoms with van der Waals surface area (Å²) in [5.74, 6) is -1.11. The monoisotopic (exact) mass is 383 g/mol. The van der Waals surface area contributed by atoms with Crippen LogP contribution in [0.5, 0.6) is 0 Å². The Labute approximate surface area is 158 Å². The van der Waals surface area contributed by atoms with E-state index in [1.807, 2.05) is 30.3 Å². The Bertz CT molecular complexity index is 1150. The number of carbonyl (C=O) groups is 1. The lowest BCUT2D eigenvalue weighted by Crippen LogP contribution is -2.01. The summed E-state index contributed by atoms with van der Waals surface area (Å²) >= 11 is 12.2. The summed E-state index contributed by atoms with van der Waals surface area (Å²) in [5, 5.41) is 14.6. The Morgan fingerprint density at radius 1 is 0.923 bits per heavy atom. The van der Waals surface area contributed by atoms with E-state index in [2.05, 4.69) is 10.1 Å². The van der Waals surface area contributed by atoms with E-state index in [0.717, 1.165) is 11.1 Å². The summed E-state index contributed by atoms with van der Waals surface area (Å²) < 4.78 is 1.50. The first kappa shape index (κ1) is 16.6. The molecule has 128 valence electrons. The standard InChI is InChI=1S/C19H11Cl2N3O2/c20-13-5-1-3-11(7-13)15-9-17(12-4-2-6-14(21)8-12)24-18(22-15)10-16(23-24)19(25)26/h1-10H,(H,25,26). The molecule has 0 spiro atoms. The SMILES string of the molecule is O=C(O)c1cc2nc(-c3cccc(Cl)c3)cc(-c3cccc(Cl)c3)n2n1. The van der Waals surface area contributed by atoms with Gasteiger partial charge in [0.2, 0.25) is 0 Å². The van der Waals surface area contributed by atoms with Crippen molar-refractivity contribution in [2.75, 3.05) is 0 Å². The third-order valence-corrected chi connectivity index (χ3v) is 4.36. The van der Waals surface area contributed by atoms with Crippen LogP contribution in [0.25, 0.3) is 28.2 Å². The molecule has 0 saturated carbocycles. The van der Waals surface area contributed by atoms with E-state index in [1.54, 1.807) is 24.3 Å². The fraction of sp³-hybridized carbons (Fsp3) is 0. The highest BCUT2D eigenvalue weighted by Gasteiger charge is 2.16. The molecule has 4 rings (SSSR count). The normalized spacial score (nSPS) is 11.0. The Morgan fingerprint density at radius 2 is 1.58 bits per heavy atom. The fourth-order valence-corrected chi connectivity index (χ4v) is 3.11. The lowest BCUT2D eigenvalue weighted by atomic mass is 10.1. The predicted molar refractivity (Wildman–Crippen MR) is 101 cm³/mol. The van der Waals surface area contributed by atoms with Gasteiger partial charge in [-0.1, -0.05) is 47.5 Å². The van der Waals surface area contributed by atoms with Gasteiger partial charge < -0.3 is 5.11 Å². The molecule has 7 heteroatoms. The van der Waals surface area contributed by atoms with E-state index < -0.39 is 5.97 Å². The van der Waals surface area contributed by atoms with Crippen LogP contribution in [0.1, 0.15) is 10.5 Å². The van der Waals surface area contributed by atoms with E-state index >= 15 is 0 Å². The Hall–Kier alpha value is -2.89. The summed E-state index contributed by atoms with van der Waals surface area (Å²) in [6, 6.07) is 17.8. The molecule has 0 amide bonds. The van der Waals surface area contributed by atoms with Crippen molar-refractivity contribution in [2.45, 2.75) is 0 Å². The van der Waals surface area contributed by atoms with Crippen molar-refractivity contribution in [3.05, 3.63) is 76.4 Å². The molecular weight excluding hydrogens is 373 g/mol. The molecule has 5 nitrogen and oxygen atoms in total. The highest BCUT2D eigenvalue weighted by Crippen LogP contribution is 2.29. The van der Waals surface area contributed by atoms with E-state index in [1.165, 1.54) is 10.6 Å². The van der Waals surface area contributed by atoms with Crippen LogP contribution in [-0.2, 0) is 0 Å². The van der Waals surface area contributed by atoms with Gasteiger partial charge in [-0.15, -0.1) is 0 Å². The van der Waals surface area contributed by atoms with Crippen LogP contribution < -0.4 is 0 Å². The Balaban J connectivity index is 2.02. The fourth-order valence-electron chi connectivity index (χ4n) is 2.73. The van der Waals surface area contributed by atoms with Crippen LogP contribution in [0.3, 0.4) is 0 Å². The number of aromatic carboxylic acids is 1. The van der Waals surface area contributed by atoms with Gasteiger partial charge >= 0.3 is 5.97 Å². The van der Waals surface area contributed by atoms with Crippen LogP contribution >= 0.6 is 23.2 Å². The highest BCUT2D eigenvalue weighted by atomic mass is 35.5. The molecule has 2 aromatic heterocycles. The number of nitrogens with zero attached hydrogens (tertiary/aromatic N) is 3. The molecule has 0 unspecified atom stereocenters. The zero-order chi connectivity index (χ0) is 18.3. The topological polar surface area (TPSA) is 67.5 Å². The number of hydrogen-bond donors (Lipinski definition) is 1. The second kappa shape index (κ2) is 6.44. The molecular formula is C19H11Cl2N3O2. The molecule has 2 aromatic carbocycles. The number of carboxylic acid groups (broad SMARTS) is 1. The number of aromatic nitrogens is 3. The number of fused-ring (bicyclic) bond motifs is 1. The van der Waals surface area contributed by atoms with Crippen LogP contribution in [0.2, 0.25) is 10.0 Å². The van der Waals surface area contributed by atoms with Crippen molar-refractivity contribution in [3.8, 4) is 22.5 Å². The van der Waals surface area contributed by atoms with Gasteiger partial charge in [0.05, 0.1) is 11.4 Å². The van der Waals surface area contributed by atoms with Crippen molar-refractivity contribution in [1.29, 1.82) is 0 Å². The number of benzene rings is 2. The van der Waals surface area contributed by atoms with Crippen LogP contribution in [0, 0.1) is 0 Å². The molecule has 4 aromatic rings. The van der Waals surface area contributed by atoms with Crippen molar-refractivity contribution in [1.82, 2.24) is 14.6 Å².